The van der Waals surface area contributed by atoms with Gasteiger partial charge in [-0.2, -0.15) is 0 Å². The van der Waals surface area contributed by atoms with Gasteiger partial charge >= 0.3 is 0 Å². The molecule has 0 aromatic rings. The molecule has 0 atom stereocenters. The van der Waals surface area contributed by atoms with E-state index in [4.69, 9.17) is 0 Å². The van der Waals surface area contributed by atoms with Crippen molar-refractivity contribution in [3.05, 3.63) is 0 Å². The monoisotopic (exact) mass is 352 g/mol. The average Bonchev–Trinajstić information content (AvgIpc) is 0. The van der Waals surface area contributed by atoms with Crippen LogP contribution in [0.3, 0.4) is 0 Å². The van der Waals surface area contributed by atoms with Gasteiger partial charge in [-0.25, -0.2) is 0 Å². The molecule has 0 saturated heterocycles. The second-order valence-electron chi connectivity index (χ2n) is 0. The van der Waals surface area contributed by atoms with Gasteiger partial charge < -0.3 is 16.4 Å². The van der Waals surface area contributed by atoms with Crippen molar-refractivity contribution in [2.45, 2.75) is 0 Å². The van der Waals surface area contributed by atoms with E-state index in [9.17, 15) is 0 Å². The normalized spacial score (nSPS) is 0. The molecule has 0 aromatic carbocycles. The van der Waals surface area contributed by atoms with Crippen molar-refractivity contribution < 1.29 is 42.6 Å². The minimum absolute atomic E-state index is 0. The molecule has 3 nitrogen and oxygen atoms in total. The van der Waals surface area contributed by atoms with Gasteiger partial charge in [0, 0.05) is 53.5 Å². The maximum absolute atomic E-state index is 0. The summed E-state index contributed by atoms with van der Waals surface area (Å²) in [5.74, 6) is 0. The average molecular weight is 352 g/mol. The van der Waals surface area contributed by atoms with Crippen LogP contribution in [0.1, 0.15) is 0 Å². The zero-order valence-electron chi connectivity index (χ0n) is 2.50. The molecule has 0 unspecified atom stereocenters. The van der Waals surface area contributed by atoms with E-state index >= 15 is 0 Å². The Morgan fingerprint density at radius 2 is 0.600 bits per heavy atom. The summed E-state index contributed by atoms with van der Waals surface area (Å²) in [6.45, 7) is 0. The van der Waals surface area contributed by atoms with E-state index in [0.29, 0.717) is 0 Å². The van der Waals surface area contributed by atoms with Gasteiger partial charge in [0.2, 0.25) is 0 Å². The Balaban J connectivity index is 0. The molecule has 5 heteroatoms. The maximum Gasteiger partial charge on any atom is 0 e. The molecule has 32 valence electrons. The number of hydrogen-bond acceptors (Lipinski definition) is 0. The summed E-state index contributed by atoms with van der Waals surface area (Å²) in [4.78, 5) is 0. The second-order valence-corrected chi connectivity index (χ2v) is 0. The molecular formula is H6O3PbZr. The van der Waals surface area contributed by atoms with E-state index in [2.05, 4.69) is 0 Å². The van der Waals surface area contributed by atoms with Crippen molar-refractivity contribution in [3.63, 3.8) is 0 Å². The summed E-state index contributed by atoms with van der Waals surface area (Å²) in [7, 11) is 0. The standard InChI is InChI=1S/3H2O.Pb.Zr/h3*1H2;;. The SMILES string of the molecule is O.O.O.[Pb].[Zr]. The Hall–Kier alpha value is 1.69. The van der Waals surface area contributed by atoms with E-state index in [0.717, 1.165) is 0 Å². The summed E-state index contributed by atoms with van der Waals surface area (Å²) in [5, 5.41) is 0. The van der Waals surface area contributed by atoms with Crippen molar-refractivity contribution in [1.29, 1.82) is 0 Å². The quantitative estimate of drug-likeness (QED) is 0.420. The minimum Gasteiger partial charge on any atom is -0.412 e. The zero-order valence-corrected chi connectivity index (χ0v) is 8.85. The molecule has 0 aliphatic rings. The molecular weight excluding hydrogens is 346 g/mol. The largest absolute Gasteiger partial charge is 0.412 e. The van der Waals surface area contributed by atoms with Gasteiger partial charge in [0.05, 0.1) is 0 Å². The first kappa shape index (κ1) is 76.1. The van der Waals surface area contributed by atoms with E-state index in [-0.39, 0.29) is 69.9 Å². The third-order valence-electron chi connectivity index (χ3n) is 0. The fourth-order valence-electron chi connectivity index (χ4n) is 0. The Bertz CT molecular complexity index is 6.85. The van der Waals surface area contributed by atoms with Crippen LogP contribution in [0, 0.1) is 0 Å². The molecule has 0 aliphatic heterocycles. The molecule has 0 aliphatic carbocycles. The molecule has 5 heavy (non-hydrogen) atoms. The van der Waals surface area contributed by atoms with Gasteiger partial charge in [0.25, 0.3) is 0 Å². The van der Waals surface area contributed by atoms with Crippen molar-refractivity contribution >= 4 is 27.3 Å². The van der Waals surface area contributed by atoms with Crippen molar-refractivity contribution in [2.75, 3.05) is 0 Å². The van der Waals surface area contributed by atoms with E-state index < -0.39 is 0 Å². The first-order valence-electron chi connectivity index (χ1n) is 0. The molecule has 0 fully saturated rings. The summed E-state index contributed by atoms with van der Waals surface area (Å²) in [6.07, 6.45) is 0. The molecule has 0 amide bonds. The van der Waals surface area contributed by atoms with Crippen LogP contribution in [0.25, 0.3) is 0 Å². The van der Waals surface area contributed by atoms with Crippen molar-refractivity contribution in [2.24, 2.45) is 0 Å². The van der Waals surface area contributed by atoms with Gasteiger partial charge in [-0.05, 0) is 0 Å². The predicted octanol–water partition coefficient (Wildman–Crippen LogP) is -2.86. The van der Waals surface area contributed by atoms with E-state index in [1.54, 1.807) is 0 Å². The van der Waals surface area contributed by atoms with Crippen LogP contribution < -0.4 is 0 Å². The van der Waals surface area contributed by atoms with Crippen LogP contribution in [-0.4, -0.2) is 43.7 Å². The third kappa shape index (κ3) is 27.2. The first-order valence-corrected chi connectivity index (χ1v) is 0. The van der Waals surface area contributed by atoms with Crippen LogP contribution in [0.15, 0.2) is 0 Å². The van der Waals surface area contributed by atoms with Gasteiger partial charge in [0.15, 0.2) is 0 Å². The summed E-state index contributed by atoms with van der Waals surface area (Å²) >= 11 is 0. The fraction of sp³-hybridized carbons (Fsp3) is 0. The van der Waals surface area contributed by atoms with E-state index in [1.165, 1.54) is 0 Å². The summed E-state index contributed by atoms with van der Waals surface area (Å²) in [6, 6.07) is 0. The Kier molecular flexibility index (Phi) is 669. The predicted molar refractivity (Wildman–Crippen MR) is 16.6 cm³/mol. The van der Waals surface area contributed by atoms with Crippen LogP contribution in [0.5, 0.6) is 0 Å². The molecule has 6 N–H and O–H groups in total. The molecule has 0 saturated carbocycles. The van der Waals surface area contributed by atoms with E-state index in [1.807, 2.05) is 0 Å². The van der Waals surface area contributed by atoms with Gasteiger partial charge in [-0.15, -0.1) is 0 Å². The summed E-state index contributed by atoms with van der Waals surface area (Å²) in [5.41, 5.74) is 0. The van der Waals surface area contributed by atoms with Gasteiger partial charge in [-0.1, -0.05) is 0 Å². The topological polar surface area (TPSA) is 94.5 Å². The van der Waals surface area contributed by atoms with Crippen LogP contribution in [-0.2, 0) is 26.2 Å². The zero-order chi connectivity index (χ0) is 0. The Labute approximate surface area is 69.3 Å². The van der Waals surface area contributed by atoms with Crippen LogP contribution >= 0.6 is 0 Å². The molecule has 0 heterocycles. The number of hydrogen-bond donors (Lipinski definition) is 0. The third-order valence-corrected chi connectivity index (χ3v) is 0. The minimum atomic E-state index is 0. The fourth-order valence-corrected chi connectivity index (χ4v) is 0. The molecule has 4 radical (unpaired) electrons. The Morgan fingerprint density at radius 1 is 0.600 bits per heavy atom. The second kappa shape index (κ2) is 43.9. The Morgan fingerprint density at radius 3 is 0.600 bits per heavy atom. The van der Waals surface area contributed by atoms with Crippen molar-refractivity contribution in [3.8, 4) is 0 Å². The first-order chi connectivity index (χ1) is 0. The van der Waals surface area contributed by atoms with Crippen LogP contribution in [0.2, 0.25) is 0 Å². The van der Waals surface area contributed by atoms with Gasteiger partial charge in [-0.3, -0.25) is 0 Å². The maximum atomic E-state index is 0. The van der Waals surface area contributed by atoms with Crippen LogP contribution in [0.4, 0.5) is 0 Å². The molecule has 0 rings (SSSR count). The van der Waals surface area contributed by atoms with Crippen molar-refractivity contribution in [1.82, 2.24) is 0 Å². The molecule has 0 aromatic heterocycles. The number of rotatable bonds is 0. The molecule has 0 spiro atoms. The summed E-state index contributed by atoms with van der Waals surface area (Å²) < 4.78 is 0. The van der Waals surface area contributed by atoms with Gasteiger partial charge in [0.1, 0.15) is 0 Å². The smallest absolute Gasteiger partial charge is 0 e. The molecule has 0 bridgehead atoms.